The Hall–Kier alpha value is -2.15. The first-order chi connectivity index (χ1) is 14.2. The smallest absolute Gasteiger partial charge is 0.266 e. The van der Waals surface area contributed by atoms with Crippen molar-refractivity contribution in [3.8, 4) is 5.75 Å². The van der Waals surface area contributed by atoms with Crippen molar-refractivity contribution in [1.29, 1.82) is 0 Å². The number of carbonyl (C=O) groups is 1. The second-order valence-corrected chi connectivity index (χ2v) is 9.37. The highest BCUT2D eigenvalue weighted by Gasteiger charge is 2.21. The summed E-state index contributed by atoms with van der Waals surface area (Å²) in [5.41, 5.74) is 3.12. The maximum atomic E-state index is 13.1. The number of likely N-dealkylation sites (N-methyl/N-ethyl adjacent to an activating group) is 1. The van der Waals surface area contributed by atoms with Crippen LogP contribution >= 0.6 is 22.9 Å². The number of halogens is 1. The maximum Gasteiger partial charge on any atom is 0.266 e. The van der Waals surface area contributed by atoms with Crippen LogP contribution in [-0.4, -0.2) is 49.6 Å². The van der Waals surface area contributed by atoms with Gasteiger partial charge in [-0.25, -0.2) is 4.98 Å². The molecule has 30 heavy (non-hydrogen) atoms. The molecule has 1 aromatic heterocycles. The van der Waals surface area contributed by atoms with Gasteiger partial charge >= 0.3 is 0 Å². The number of aromatic nitrogens is 1. The fourth-order valence-corrected chi connectivity index (χ4v) is 4.52. The number of anilines is 1. The van der Waals surface area contributed by atoms with E-state index in [1.54, 1.807) is 4.90 Å². The molecule has 3 aromatic rings. The van der Waals surface area contributed by atoms with Gasteiger partial charge in [0.1, 0.15) is 5.75 Å². The molecular formula is C23H28ClN3O2S. The minimum atomic E-state index is -0.118. The van der Waals surface area contributed by atoms with Crippen molar-refractivity contribution in [3.63, 3.8) is 0 Å². The standard InChI is InChI=1S/C23H28ClN3O2S/c1-15(2)17-6-8-19(9-7-17)29-14-21(28)27(11-10-26(4)5)23-25-22-16(3)12-18(24)13-20(22)30-23/h6-9,12-13,15H,10-11,14H2,1-5H3. The van der Waals surface area contributed by atoms with Crippen molar-refractivity contribution in [2.75, 3.05) is 38.7 Å². The van der Waals surface area contributed by atoms with Crippen LogP contribution in [0, 0.1) is 6.92 Å². The van der Waals surface area contributed by atoms with Crippen molar-refractivity contribution in [2.24, 2.45) is 0 Å². The van der Waals surface area contributed by atoms with Gasteiger partial charge in [-0.1, -0.05) is 48.9 Å². The van der Waals surface area contributed by atoms with E-state index in [1.807, 2.05) is 62.3 Å². The van der Waals surface area contributed by atoms with E-state index >= 15 is 0 Å². The zero-order valence-electron chi connectivity index (χ0n) is 18.1. The molecule has 0 radical (unpaired) electrons. The molecule has 0 N–H and O–H groups in total. The number of rotatable bonds is 8. The van der Waals surface area contributed by atoms with Crippen LogP contribution in [0.15, 0.2) is 36.4 Å². The molecule has 0 atom stereocenters. The van der Waals surface area contributed by atoms with Crippen molar-refractivity contribution in [3.05, 3.63) is 52.5 Å². The van der Waals surface area contributed by atoms with Crippen LogP contribution in [0.25, 0.3) is 10.2 Å². The van der Waals surface area contributed by atoms with Gasteiger partial charge in [0.05, 0.1) is 10.2 Å². The van der Waals surface area contributed by atoms with Gasteiger partial charge in [-0.15, -0.1) is 0 Å². The minimum absolute atomic E-state index is 0.0376. The fraction of sp³-hybridized carbons (Fsp3) is 0.391. The summed E-state index contributed by atoms with van der Waals surface area (Å²) in [4.78, 5) is 21.5. The van der Waals surface area contributed by atoms with E-state index in [9.17, 15) is 4.79 Å². The number of nitrogens with zero attached hydrogens (tertiary/aromatic N) is 3. The lowest BCUT2D eigenvalue weighted by Crippen LogP contribution is -2.39. The molecular weight excluding hydrogens is 418 g/mol. The van der Waals surface area contributed by atoms with E-state index < -0.39 is 0 Å². The summed E-state index contributed by atoms with van der Waals surface area (Å²) in [5.74, 6) is 1.03. The quantitative estimate of drug-likeness (QED) is 0.468. The van der Waals surface area contributed by atoms with E-state index in [2.05, 4.69) is 13.8 Å². The van der Waals surface area contributed by atoms with Crippen molar-refractivity contribution in [1.82, 2.24) is 9.88 Å². The lowest BCUT2D eigenvalue weighted by Gasteiger charge is -2.22. The molecule has 3 rings (SSSR count). The summed E-state index contributed by atoms with van der Waals surface area (Å²) in [7, 11) is 3.97. The van der Waals surface area contributed by atoms with Crippen LogP contribution in [-0.2, 0) is 4.79 Å². The molecule has 0 unspecified atom stereocenters. The Morgan fingerprint density at radius 3 is 2.50 bits per heavy atom. The lowest BCUT2D eigenvalue weighted by molar-refractivity contribution is -0.120. The molecule has 0 aliphatic heterocycles. The Labute approximate surface area is 187 Å². The molecule has 0 aliphatic carbocycles. The first-order valence-electron chi connectivity index (χ1n) is 9.99. The first-order valence-corrected chi connectivity index (χ1v) is 11.2. The Balaban J connectivity index is 1.79. The Bertz CT molecular complexity index is 1020. The molecule has 5 nitrogen and oxygen atoms in total. The lowest BCUT2D eigenvalue weighted by atomic mass is 10.0. The van der Waals surface area contributed by atoms with E-state index in [-0.39, 0.29) is 12.5 Å². The summed E-state index contributed by atoms with van der Waals surface area (Å²) in [6, 6.07) is 11.7. The summed E-state index contributed by atoms with van der Waals surface area (Å²) in [6.45, 7) is 7.50. The summed E-state index contributed by atoms with van der Waals surface area (Å²) in [5, 5.41) is 1.34. The molecule has 1 amide bonds. The summed E-state index contributed by atoms with van der Waals surface area (Å²) < 4.78 is 6.75. The largest absolute Gasteiger partial charge is 0.484 e. The molecule has 1 heterocycles. The number of ether oxygens (including phenoxy) is 1. The predicted octanol–water partition coefficient (Wildman–Crippen LogP) is 5.36. The molecule has 0 bridgehead atoms. The molecule has 2 aromatic carbocycles. The second kappa shape index (κ2) is 9.77. The van der Waals surface area contributed by atoms with E-state index in [0.29, 0.717) is 28.4 Å². The Kier molecular flexibility index (Phi) is 7.34. The van der Waals surface area contributed by atoms with Gasteiger partial charge in [0, 0.05) is 18.1 Å². The number of amides is 1. The molecule has 0 aliphatic rings. The van der Waals surface area contributed by atoms with Crippen LogP contribution < -0.4 is 9.64 Å². The third kappa shape index (κ3) is 5.50. The van der Waals surface area contributed by atoms with Crippen molar-refractivity contribution in [2.45, 2.75) is 26.7 Å². The maximum absolute atomic E-state index is 13.1. The van der Waals surface area contributed by atoms with Crippen molar-refractivity contribution < 1.29 is 9.53 Å². The topological polar surface area (TPSA) is 45.7 Å². The van der Waals surface area contributed by atoms with Crippen molar-refractivity contribution >= 4 is 44.2 Å². The number of hydrogen-bond acceptors (Lipinski definition) is 5. The third-order valence-electron chi connectivity index (χ3n) is 4.85. The predicted molar refractivity (Wildman–Crippen MR) is 126 cm³/mol. The summed E-state index contributed by atoms with van der Waals surface area (Å²) >= 11 is 7.67. The zero-order chi connectivity index (χ0) is 21.8. The Morgan fingerprint density at radius 2 is 1.87 bits per heavy atom. The van der Waals surface area contributed by atoms with Gasteiger partial charge in [0.25, 0.3) is 5.91 Å². The van der Waals surface area contributed by atoms with E-state index in [0.717, 1.165) is 22.3 Å². The first kappa shape index (κ1) is 22.5. The number of carbonyl (C=O) groups excluding carboxylic acids is 1. The van der Waals surface area contributed by atoms with Crippen LogP contribution in [0.3, 0.4) is 0 Å². The van der Waals surface area contributed by atoms with Gasteiger partial charge in [0.15, 0.2) is 11.7 Å². The van der Waals surface area contributed by atoms with Crippen LogP contribution in [0.1, 0.15) is 30.9 Å². The Morgan fingerprint density at radius 1 is 1.17 bits per heavy atom. The number of aryl methyl sites for hydroxylation is 1. The highest BCUT2D eigenvalue weighted by atomic mass is 35.5. The second-order valence-electron chi connectivity index (χ2n) is 7.93. The van der Waals surface area contributed by atoms with Gasteiger partial charge in [-0.2, -0.15) is 0 Å². The van der Waals surface area contributed by atoms with Crippen LogP contribution in [0.2, 0.25) is 5.02 Å². The molecule has 0 fully saturated rings. The zero-order valence-corrected chi connectivity index (χ0v) is 19.7. The number of thiazole rings is 1. The molecule has 0 saturated heterocycles. The average Bonchev–Trinajstić information content (AvgIpc) is 3.10. The number of hydrogen-bond donors (Lipinski definition) is 0. The van der Waals surface area contributed by atoms with E-state index in [1.165, 1.54) is 16.9 Å². The highest BCUT2D eigenvalue weighted by molar-refractivity contribution is 7.22. The molecule has 160 valence electrons. The van der Waals surface area contributed by atoms with Gasteiger partial charge in [-0.3, -0.25) is 9.69 Å². The van der Waals surface area contributed by atoms with Gasteiger partial charge in [-0.05, 0) is 62.3 Å². The SMILES string of the molecule is Cc1cc(Cl)cc2sc(N(CCN(C)C)C(=O)COc3ccc(C(C)C)cc3)nc12. The third-order valence-corrected chi connectivity index (χ3v) is 6.09. The summed E-state index contributed by atoms with van der Waals surface area (Å²) in [6.07, 6.45) is 0. The highest BCUT2D eigenvalue weighted by Crippen LogP contribution is 2.33. The van der Waals surface area contributed by atoms with Crippen LogP contribution in [0.4, 0.5) is 5.13 Å². The van der Waals surface area contributed by atoms with Crippen LogP contribution in [0.5, 0.6) is 5.75 Å². The normalized spacial score (nSPS) is 11.5. The molecule has 0 spiro atoms. The van der Waals surface area contributed by atoms with Gasteiger partial charge in [0.2, 0.25) is 0 Å². The fourth-order valence-electron chi connectivity index (χ4n) is 3.06. The number of fused-ring (bicyclic) bond motifs is 1. The minimum Gasteiger partial charge on any atom is -0.484 e. The monoisotopic (exact) mass is 445 g/mol. The molecule has 7 heteroatoms. The molecule has 0 saturated carbocycles. The average molecular weight is 446 g/mol. The van der Waals surface area contributed by atoms with Gasteiger partial charge < -0.3 is 9.64 Å². The van der Waals surface area contributed by atoms with E-state index in [4.69, 9.17) is 21.3 Å². The number of benzene rings is 2.